The standard InChI is InChI=1S/C15H21NOS/c1-15(13-17,14-6-3-2-4-7-14)12-16-8-5-10-18-11-9-16/h2-4,6-7,13H,5,8-12H2,1H3. The summed E-state index contributed by atoms with van der Waals surface area (Å²) < 4.78 is 0. The van der Waals surface area contributed by atoms with Crippen molar-refractivity contribution in [2.45, 2.75) is 18.8 Å². The molecule has 3 heteroatoms. The molecule has 0 radical (unpaired) electrons. The van der Waals surface area contributed by atoms with Gasteiger partial charge < -0.3 is 9.69 Å². The van der Waals surface area contributed by atoms with Gasteiger partial charge in [0.05, 0.1) is 5.41 Å². The summed E-state index contributed by atoms with van der Waals surface area (Å²) in [5.41, 5.74) is 0.743. The van der Waals surface area contributed by atoms with Gasteiger partial charge in [0.15, 0.2) is 0 Å². The summed E-state index contributed by atoms with van der Waals surface area (Å²) in [7, 11) is 0. The molecule has 0 amide bonds. The van der Waals surface area contributed by atoms with E-state index in [4.69, 9.17) is 0 Å². The second kappa shape index (κ2) is 6.39. The smallest absolute Gasteiger partial charge is 0.131 e. The minimum absolute atomic E-state index is 0.379. The quantitative estimate of drug-likeness (QED) is 0.779. The summed E-state index contributed by atoms with van der Waals surface area (Å²) in [6, 6.07) is 10.1. The third-order valence-electron chi connectivity index (χ3n) is 3.56. The van der Waals surface area contributed by atoms with Crippen LogP contribution in [0.15, 0.2) is 30.3 Å². The first-order valence-corrected chi connectivity index (χ1v) is 7.72. The van der Waals surface area contributed by atoms with Crippen molar-refractivity contribution < 1.29 is 4.79 Å². The number of hydrogen-bond acceptors (Lipinski definition) is 3. The maximum atomic E-state index is 11.6. The number of aldehydes is 1. The average Bonchev–Trinajstić information content (AvgIpc) is 2.68. The summed E-state index contributed by atoms with van der Waals surface area (Å²) in [6.45, 7) is 5.10. The Labute approximate surface area is 114 Å². The van der Waals surface area contributed by atoms with E-state index < -0.39 is 0 Å². The van der Waals surface area contributed by atoms with Crippen molar-refractivity contribution in [3.05, 3.63) is 35.9 Å². The van der Waals surface area contributed by atoms with Gasteiger partial charge in [-0.2, -0.15) is 11.8 Å². The lowest BCUT2D eigenvalue weighted by atomic mass is 9.83. The molecule has 0 aliphatic carbocycles. The van der Waals surface area contributed by atoms with Gasteiger partial charge in [0.1, 0.15) is 6.29 Å². The van der Waals surface area contributed by atoms with E-state index in [1.165, 1.54) is 17.9 Å². The molecule has 0 N–H and O–H groups in total. The van der Waals surface area contributed by atoms with Crippen molar-refractivity contribution in [1.82, 2.24) is 4.90 Å². The Morgan fingerprint density at radius 2 is 2.06 bits per heavy atom. The highest BCUT2D eigenvalue weighted by Crippen LogP contribution is 2.23. The fraction of sp³-hybridized carbons (Fsp3) is 0.533. The van der Waals surface area contributed by atoms with Gasteiger partial charge in [-0.15, -0.1) is 0 Å². The highest BCUT2D eigenvalue weighted by molar-refractivity contribution is 7.99. The molecule has 1 atom stereocenters. The summed E-state index contributed by atoms with van der Waals surface area (Å²) >= 11 is 2.02. The first-order valence-electron chi connectivity index (χ1n) is 6.56. The van der Waals surface area contributed by atoms with E-state index in [1.807, 2.05) is 36.9 Å². The zero-order valence-corrected chi connectivity index (χ0v) is 11.8. The van der Waals surface area contributed by atoms with E-state index in [2.05, 4.69) is 17.0 Å². The predicted octanol–water partition coefficient (Wildman–Crippen LogP) is 2.58. The van der Waals surface area contributed by atoms with E-state index in [0.717, 1.165) is 31.5 Å². The lowest BCUT2D eigenvalue weighted by molar-refractivity contribution is -0.112. The maximum Gasteiger partial charge on any atom is 0.131 e. The third-order valence-corrected chi connectivity index (χ3v) is 4.61. The van der Waals surface area contributed by atoms with E-state index >= 15 is 0 Å². The molecule has 1 unspecified atom stereocenters. The van der Waals surface area contributed by atoms with Gasteiger partial charge in [0.2, 0.25) is 0 Å². The Morgan fingerprint density at radius 1 is 1.28 bits per heavy atom. The van der Waals surface area contributed by atoms with Crippen LogP contribution in [0.25, 0.3) is 0 Å². The normalized spacial score (nSPS) is 20.9. The molecule has 1 aliphatic heterocycles. The summed E-state index contributed by atoms with van der Waals surface area (Å²) in [5.74, 6) is 2.43. The van der Waals surface area contributed by atoms with Crippen molar-refractivity contribution in [1.29, 1.82) is 0 Å². The minimum atomic E-state index is -0.379. The van der Waals surface area contributed by atoms with Crippen molar-refractivity contribution in [2.24, 2.45) is 0 Å². The van der Waals surface area contributed by atoms with Crippen LogP contribution in [0, 0.1) is 0 Å². The van der Waals surface area contributed by atoms with Gasteiger partial charge in [0, 0.05) is 18.8 Å². The molecule has 1 aromatic carbocycles. The number of benzene rings is 1. The van der Waals surface area contributed by atoms with E-state index in [1.54, 1.807) is 0 Å². The molecular formula is C15H21NOS. The molecule has 98 valence electrons. The molecule has 2 rings (SSSR count). The molecule has 1 fully saturated rings. The second-order valence-electron chi connectivity index (χ2n) is 5.14. The van der Waals surface area contributed by atoms with Crippen LogP contribution in [-0.2, 0) is 10.2 Å². The Bertz CT molecular complexity index is 373. The lowest BCUT2D eigenvalue weighted by Crippen LogP contribution is -2.41. The summed E-state index contributed by atoms with van der Waals surface area (Å²) in [6.07, 6.45) is 2.34. The predicted molar refractivity (Wildman–Crippen MR) is 78.2 cm³/mol. The molecule has 1 aliphatic rings. The van der Waals surface area contributed by atoms with Crippen LogP contribution in [0.1, 0.15) is 18.9 Å². The monoisotopic (exact) mass is 263 g/mol. The van der Waals surface area contributed by atoms with Gasteiger partial charge in [-0.3, -0.25) is 0 Å². The Hall–Kier alpha value is -0.800. The first-order chi connectivity index (χ1) is 8.74. The second-order valence-corrected chi connectivity index (χ2v) is 6.37. The Morgan fingerprint density at radius 3 is 2.78 bits per heavy atom. The molecule has 1 saturated heterocycles. The Balaban J connectivity index is 2.10. The molecule has 1 heterocycles. The van der Waals surface area contributed by atoms with Gasteiger partial charge in [-0.25, -0.2) is 0 Å². The van der Waals surface area contributed by atoms with Crippen molar-refractivity contribution >= 4 is 18.0 Å². The van der Waals surface area contributed by atoms with Crippen LogP contribution in [0.2, 0.25) is 0 Å². The Kier molecular flexibility index (Phi) is 4.84. The number of carbonyl (C=O) groups excluding carboxylic acids is 1. The highest BCUT2D eigenvalue weighted by Gasteiger charge is 2.28. The van der Waals surface area contributed by atoms with E-state index in [-0.39, 0.29) is 5.41 Å². The molecule has 2 nitrogen and oxygen atoms in total. The van der Waals surface area contributed by atoms with Gasteiger partial charge in [-0.05, 0) is 31.2 Å². The van der Waals surface area contributed by atoms with Crippen LogP contribution in [0.3, 0.4) is 0 Å². The fourth-order valence-corrected chi connectivity index (χ4v) is 3.36. The lowest BCUT2D eigenvalue weighted by Gasteiger charge is -2.31. The molecule has 0 bridgehead atoms. The summed E-state index contributed by atoms with van der Waals surface area (Å²) in [4.78, 5) is 14.0. The first kappa shape index (κ1) is 13.6. The molecule has 1 aromatic rings. The highest BCUT2D eigenvalue weighted by atomic mass is 32.2. The van der Waals surface area contributed by atoms with Crippen LogP contribution in [-0.4, -0.2) is 42.3 Å². The number of thioether (sulfide) groups is 1. The number of carbonyl (C=O) groups is 1. The topological polar surface area (TPSA) is 20.3 Å². The van der Waals surface area contributed by atoms with Crippen molar-refractivity contribution in [2.75, 3.05) is 31.1 Å². The van der Waals surface area contributed by atoms with Gasteiger partial charge >= 0.3 is 0 Å². The van der Waals surface area contributed by atoms with Crippen LogP contribution >= 0.6 is 11.8 Å². The van der Waals surface area contributed by atoms with Crippen molar-refractivity contribution in [3.8, 4) is 0 Å². The average molecular weight is 263 g/mol. The van der Waals surface area contributed by atoms with Crippen molar-refractivity contribution in [3.63, 3.8) is 0 Å². The number of rotatable bonds is 4. The largest absolute Gasteiger partial charge is 0.302 e. The van der Waals surface area contributed by atoms with Crippen LogP contribution in [0.5, 0.6) is 0 Å². The zero-order chi connectivity index (χ0) is 12.8. The number of nitrogens with zero attached hydrogens (tertiary/aromatic N) is 1. The van der Waals surface area contributed by atoms with E-state index in [0.29, 0.717) is 0 Å². The summed E-state index contributed by atoms with van der Waals surface area (Å²) in [5, 5.41) is 0. The molecule has 18 heavy (non-hydrogen) atoms. The molecule has 0 aromatic heterocycles. The maximum absolute atomic E-state index is 11.6. The fourth-order valence-electron chi connectivity index (χ4n) is 2.44. The molecule has 0 spiro atoms. The molecular weight excluding hydrogens is 242 g/mol. The van der Waals surface area contributed by atoms with Gasteiger partial charge in [-0.1, -0.05) is 30.3 Å². The third kappa shape index (κ3) is 3.36. The van der Waals surface area contributed by atoms with Crippen LogP contribution < -0.4 is 0 Å². The molecule has 0 saturated carbocycles. The van der Waals surface area contributed by atoms with Gasteiger partial charge in [0.25, 0.3) is 0 Å². The number of hydrogen-bond donors (Lipinski definition) is 0. The SMILES string of the molecule is CC(C=O)(CN1CCCSCC1)c1ccccc1. The minimum Gasteiger partial charge on any atom is -0.302 e. The zero-order valence-electron chi connectivity index (χ0n) is 11.0. The van der Waals surface area contributed by atoms with E-state index in [9.17, 15) is 4.79 Å². The van der Waals surface area contributed by atoms with Crippen LogP contribution in [0.4, 0.5) is 0 Å².